The van der Waals surface area contributed by atoms with Crippen molar-refractivity contribution in [1.82, 2.24) is 25.0 Å². The first-order valence-corrected chi connectivity index (χ1v) is 11.3. The van der Waals surface area contributed by atoms with E-state index in [1.807, 2.05) is 24.3 Å². The van der Waals surface area contributed by atoms with E-state index < -0.39 is 0 Å². The van der Waals surface area contributed by atoms with Crippen molar-refractivity contribution in [2.45, 2.75) is 32.2 Å². The first kappa shape index (κ1) is 22.3. The number of benzene rings is 1. The van der Waals surface area contributed by atoms with E-state index in [0.717, 1.165) is 29.8 Å². The van der Waals surface area contributed by atoms with Gasteiger partial charge in [0, 0.05) is 53.9 Å². The van der Waals surface area contributed by atoms with E-state index in [4.69, 9.17) is 16.3 Å². The van der Waals surface area contributed by atoms with Crippen LogP contribution in [0.2, 0.25) is 5.02 Å². The Bertz CT molecular complexity index is 1070. The number of carbonyl (C=O) groups is 1. The van der Waals surface area contributed by atoms with E-state index in [0.29, 0.717) is 29.1 Å². The van der Waals surface area contributed by atoms with Gasteiger partial charge in [-0.25, -0.2) is 4.79 Å². The van der Waals surface area contributed by atoms with Gasteiger partial charge in [-0.3, -0.25) is 9.88 Å². The third kappa shape index (κ3) is 5.11. The van der Waals surface area contributed by atoms with Crippen LogP contribution in [0, 0.1) is 0 Å². The molecule has 1 aromatic carbocycles. The van der Waals surface area contributed by atoms with Crippen LogP contribution in [0.5, 0.6) is 5.75 Å². The number of aromatic nitrogens is 3. The Morgan fingerprint density at radius 2 is 2.03 bits per heavy atom. The molecule has 1 aliphatic rings. The molecule has 1 atom stereocenters. The smallest absolute Gasteiger partial charge is 0.342 e. The van der Waals surface area contributed by atoms with Crippen molar-refractivity contribution in [2.75, 3.05) is 26.7 Å². The number of amides is 1. The summed E-state index contributed by atoms with van der Waals surface area (Å²) in [5, 5.41) is 8.15. The van der Waals surface area contributed by atoms with Gasteiger partial charge in [0.05, 0.1) is 7.11 Å². The Morgan fingerprint density at radius 1 is 1.22 bits per heavy atom. The minimum atomic E-state index is -0.259. The summed E-state index contributed by atoms with van der Waals surface area (Å²) in [7, 11) is 1.59. The number of likely N-dealkylation sites (tertiary alicyclic amines) is 1. The summed E-state index contributed by atoms with van der Waals surface area (Å²) in [6, 6.07) is 9.50. The van der Waals surface area contributed by atoms with Crippen molar-refractivity contribution in [3.8, 4) is 28.1 Å². The predicted octanol–water partition coefficient (Wildman–Crippen LogP) is 4.71. The highest BCUT2D eigenvalue weighted by Gasteiger charge is 2.20. The summed E-state index contributed by atoms with van der Waals surface area (Å²) in [5.41, 5.74) is 3.15. The van der Waals surface area contributed by atoms with Crippen LogP contribution in [0.3, 0.4) is 0 Å². The maximum Gasteiger partial charge on any atom is 0.342 e. The van der Waals surface area contributed by atoms with Crippen LogP contribution in [-0.4, -0.2) is 58.5 Å². The maximum atomic E-state index is 12.9. The largest absolute Gasteiger partial charge is 0.497 e. The number of hydrogen-bond donors (Lipinski definition) is 1. The van der Waals surface area contributed by atoms with Gasteiger partial charge >= 0.3 is 6.03 Å². The van der Waals surface area contributed by atoms with Gasteiger partial charge in [0.1, 0.15) is 11.4 Å². The highest BCUT2D eigenvalue weighted by molar-refractivity contribution is 6.31. The lowest BCUT2D eigenvalue weighted by Crippen LogP contribution is -2.43. The standard InChI is InChI=1S/C24H28ClN5O2/c1-17-5-3-4-11-29(17)12-10-27-24(31)30-16-22(18-6-8-26-9-7-18)23(28-30)19-13-20(25)15-21(14-19)32-2/h6-9,13-17H,3-5,10-12H2,1-2H3,(H,27,31). The van der Waals surface area contributed by atoms with Crippen LogP contribution in [-0.2, 0) is 0 Å². The van der Waals surface area contributed by atoms with Crippen LogP contribution in [0.4, 0.5) is 4.79 Å². The first-order chi connectivity index (χ1) is 15.5. The number of ether oxygens (including phenoxy) is 1. The molecule has 1 fully saturated rings. The average Bonchev–Trinajstić information content (AvgIpc) is 3.26. The summed E-state index contributed by atoms with van der Waals surface area (Å²) in [4.78, 5) is 19.4. The van der Waals surface area contributed by atoms with Crippen LogP contribution in [0.25, 0.3) is 22.4 Å². The number of nitrogens with zero attached hydrogens (tertiary/aromatic N) is 4. The summed E-state index contributed by atoms with van der Waals surface area (Å²) >= 11 is 6.29. The number of rotatable bonds is 6. The molecule has 1 saturated heterocycles. The molecule has 4 rings (SSSR count). The monoisotopic (exact) mass is 453 g/mol. The van der Waals surface area contributed by atoms with Gasteiger partial charge in [-0.05, 0) is 62.2 Å². The number of halogens is 1. The molecule has 0 spiro atoms. The highest BCUT2D eigenvalue weighted by atomic mass is 35.5. The number of carbonyl (C=O) groups excluding carboxylic acids is 1. The fourth-order valence-corrected chi connectivity index (χ4v) is 4.35. The molecule has 3 aromatic rings. The number of hydrogen-bond acceptors (Lipinski definition) is 5. The molecule has 32 heavy (non-hydrogen) atoms. The van der Waals surface area contributed by atoms with Crippen molar-refractivity contribution in [3.05, 3.63) is 53.9 Å². The molecule has 1 aliphatic heterocycles. The first-order valence-electron chi connectivity index (χ1n) is 10.9. The van der Waals surface area contributed by atoms with Crippen LogP contribution in [0.15, 0.2) is 48.9 Å². The van der Waals surface area contributed by atoms with Crippen molar-refractivity contribution in [3.63, 3.8) is 0 Å². The van der Waals surface area contributed by atoms with Crippen LogP contribution < -0.4 is 10.1 Å². The Hall–Kier alpha value is -2.90. The number of methoxy groups -OCH3 is 1. The molecule has 0 aliphatic carbocycles. The average molecular weight is 454 g/mol. The van der Waals surface area contributed by atoms with Gasteiger partial charge in [0.15, 0.2) is 0 Å². The fourth-order valence-electron chi connectivity index (χ4n) is 4.13. The van der Waals surface area contributed by atoms with Gasteiger partial charge in [0.25, 0.3) is 0 Å². The zero-order valence-corrected chi connectivity index (χ0v) is 19.2. The molecular formula is C24H28ClN5O2. The lowest BCUT2D eigenvalue weighted by Gasteiger charge is -2.33. The van der Waals surface area contributed by atoms with Crippen molar-refractivity contribution in [1.29, 1.82) is 0 Å². The SMILES string of the molecule is COc1cc(Cl)cc(-c2nn(C(=O)NCCN3CCCCC3C)cc2-c2ccncc2)c1. The molecule has 2 aromatic heterocycles. The number of pyridine rings is 1. The van der Waals surface area contributed by atoms with E-state index >= 15 is 0 Å². The molecule has 7 nitrogen and oxygen atoms in total. The Morgan fingerprint density at radius 3 is 2.78 bits per heavy atom. The van der Waals surface area contributed by atoms with E-state index in [-0.39, 0.29) is 6.03 Å². The summed E-state index contributed by atoms with van der Waals surface area (Å²) < 4.78 is 6.72. The molecule has 1 amide bonds. The predicted molar refractivity (Wildman–Crippen MR) is 126 cm³/mol. The van der Waals surface area contributed by atoms with Gasteiger partial charge in [-0.15, -0.1) is 0 Å². The van der Waals surface area contributed by atoms with Crippen molar-refractivity contribution < 1.29 is 9.53 Å². The second kappa shape index (κ2) is 10.1. The summed E-state index contributed by atoms with van der Waals surface area (Å²) in [6.45, 7) is 4.75. The van der Waals surface area contributed by atoms with Crippen LogP contribution in [0.1, 0.15) is 26.2 Å². The molecule has 1 unspecified atom stereocenters. The van der Waals surface area contributed by atoms with Crippen molar-refractivity contribution in [2.24, 2.45) is 0 Å². The minimum absolute atomic E-state index is 0.259. The Kier molecular flexibility index (Phi) is 7.07. The molecule has 168 valence electrons. The third-order valence-electron chi connectivity index (χ3n) is 5.91. The number of piperidine rings is 1. The maximum absolute atomic E-state index is 12.9. The van der Waals surface area contributed by atoms with Crippen molar-refractivity contribution >= 4 is 17.6 Å². The highest BCUT2D eigenvalue weighted by Crippen LogP contribution is 2.34. The van der Waals surface area contributed by atoms with E-state index in [2.05, 4.69) is 27.2 Å². The van der Waals surface area contributed by atoms with E-state index in [1.54, 1.807) is 31.8 Å². The van der Waals surface area contributed by atoms with Gasteiger partial charge in [-0.1, -0.05) is 18.0 Å². The fraction of sp³-hybridized carbons (Fsp3) is 0.375. The third-order valence-corrected chi connectivity index (χ3v) is 6.13. The molecule has 1 N–H and O–H groups in total. The Balaban J connectivity index is 1.58. The van der Waals surface area contributed by atoms with E-state index in [9.17, 15) is 4.79 Å². The minimum Gasteiger partial charge on any atom is -0.497 e. The summed E-state index contributed by atoms with van der Waals surface area (Å²) in [5.74, 6) is 0.628. The molecular weight excluding hydrogens is 426 g/mol. The molecule has 3 heterocycles. The second-order valence-electron chi connectivity index (χ2n) is 8.06. The van der Waals surface area contributed by atoms with Gasteiger partial charge in [0.2, 0.25) is 0 Å². The lowest BCUT2D eigenvalue weighted by molar-refractivity contribution is 0.161. The van der Waals surface area contributed by atoms with Gasteiger partial charge < -0.3 is 10.1 Å². The normalized spacial score (nSPS) is 16.7. The Labute approximate surface area is 193 Å². The molecule has 0 bridgehead atoms. The second-order valence-corrected chi connectivity index (χ2v) is 8.50. The number of nitrogens with one attached hydrogen (secondary N) is 1. The molecule has 8 heteroatoms. The molecule has 0 saturated carbocycles. The van der Waals surface area contributed by atoms with Crippen LogP contribution >= 0.6 is 11.6 Å². The van der Waals surface area contributed by atoms with Gasteiger partial charge in [-0.2, -0.15) is 9.78 Å². The summed E-state index contributed by atoms with van der Waals surface area (Å²) in [6.07, 6.45) is 8.90. The van der Waals surface area contributed by atoms with E-state index in [1.165, 1.54) is 23.9 Å². The lowest BCUT2D eigenvalue weighted by atomic mass is 10.0. The zero-order valence-electron chi connectivity index (χ0n) is 18.4. The zero-order chi connectivity index (χ0) is 22.5. The molecule has 0 radical (unpaired) electrons. The quantitative estimate of drug-likeness (QED) is 0.585. The topological polar surface area (TPSA) is 72.3 Å².